The molecule has 19 heavy (non-hydrogen) atoms. The molecule has 0 radical (unpaired) electrons. The van der Waals surface area contributed by atoms with E-state index in [-0.39, 0.29) is 0 Å². The summed E-state index contributed by atoms with van der Waals surface area (Å²) in [7, 11) is 0. The van der Waals surface area contributed by atoms with E-state index in [0.717, 1.165) is 18.5 Å². The summed E-state index contributed by atoms with van der Waals surface area (Å²) in [5, 5.41) is 0. The highest BCUT2D eigenvalue weighted by molar-refractivity contribution is 4.81. The number of hydrogen-bond acceptors (Lipinski definition) is 3. The first-order valence-corrected chi connectivity index (χ1v) is 8.50. The van der Waals surface area contributed by atoms with Crippen LogP contribution in [-0.2, 0) is 0 Å². The highest BCUT2D eigenvalue weighted by Crippen LogP contribution is 2.25. The van der Waals surface area contributed by atoms with Crippen molar-refractivity contribution in [3.63, 3.8) is 0 Å². The third kappa shape index (κ3) is 4.73. The summed E-state index contributed by atoms with van der Waals surface area (Å²) in [4.78, 5) is 5.45. The molecule has 0 spiro atoms. The fourth-order valence-corrected chi connectivity index (χ4v) is 3.89. The third-order valence-corrected chi connectivity index (χ3v) is 5.07. The molecule has 3 heteroatoms. The first-order valence-electron chi connectivity index (χ1n) is 8.50. The monoisotopic (exact) mass is 267 g/mol. The molecule has 2 aliphatic heterocycles. The van der Waals surface area contributed by atoms with Gasteiger partial charge in [0, 0.05) is 6.04 Å². The fraction of sp³-hybridized carbons (Fsp3) is 1.00. The normalized spacial score (nSPS) is 28.4. The molecule has 2 rings (SSSR count). The van der Waals surface area contributed by atoms with E-state index in [0.29, 0.717) is 0 Å². The third-order valence-electron chi connectivity index (χ3n) is 5.07. The SMILES string of the molecule is CCCN1CCCC(N2CCC(CCN)CC2)CC1. The minimum absolute atomic E-state index is 0.862. The van der Waals surface area contributed by atoms with Crippen LogP contribution in [0, 0.1) is 5.92 Å². The molecular formula is C16H33N3. The predicted molar refractivity (Wildman–Crippen MR) is 82.3 cm³/mol. The highest BCUT2D eigenvalue weighted by atomic mass is 15.2. The smallest absolute Gasteiger partial charge is 0.0108 e. The molecule has 2 fully saturated rings. The molecule has 0 amide bonds. The zero-order chi connectivity index (χ0) is 13.5. The van der Waals surface area contributed by atoms with E-state index in [1.54, 1.807) is 0 Å². The van der Waals surface area contributed by atoms with Crippen LogP contribution in [0.25, 0.3) is 0 Å². The Hall–Kier alpha value is -0.120. The Kier molecular flexibility index (Phi) is 6.62. The van der Waals surface area contributed by atoms with Gasteiger partial charge < -0.3 is 15.5 Å². The Morgan fingerprint density at radius 3 is 2.47 bits per heavy atom. The van der Waals surface area contributed by atoms with Gasteiger partial charge in [0.25, 0.3) is 0 Å². The van der Waals surface area contributed by atoms with Crippen LogP contribution in [0.1, 0.15) is 51.9 Å². The minimum atomic E-state index is 0.862. The van der Waals surface area contributed by atoms with Crippen molar-refractivity contribution >= 4 is 0 Å². The van der Waals surface area contributed by atoms with Gasteiger partial charge in [0.2, 0.25) is 0 Å². The summed E-state index contributed by atoms with van der Waals surface area (Å²) in [5.74, 6) is 0.906. The summed E-state index contributed by atoms with van der Waals surface area (Å²) in [5.41, 5.74) is 5.68. The van der Waals surface area contributed by atoms with Crippen LogP contribution in [0.2, 0.25) is 0 Å². The fourth-order valence-electron chi connectivity index (χ4n) is 3.89. The van der Waals surface area contributed by atoms with E-state index in [1.807, 2.05) is 0 Å². The average molecular weight is 267 g/mol. The summed E-state index contributed by atoms with van der Waals surface area (Å²) >= 11 is 0. The molecule has 0 saturated carbocycles. The maximum atomic E-state index is 5.68. The first kappa shape index (κ1) is 15.3. The lowest BCUT2D eigenvalue weighted by Crippen LogP contribution is -2.42. The van der Waals surface area contributed by atoms with E-state index in [9.17, 15) is 0 Å². The molecule has 0 bridgehead atoms. The summed E-state index contributed by atoms with van der Waals surface area (Å²) < 4.78 is 0. The van der Waals surface area contributed by atoms with Crippen molar-refractivity contribution in [2.75, 3.05) is 39.3 Å². The Morgan fingerprint density at radius 1 is 1.00 bits per heavy atom. The first-order chi connectivity index (χ1) is 9.33. The van der Waals surface area contributed by atoms with Crippen LogP contribution < -0.4 is 5.73 Å². The van der Waals surface area contributed by atoms with Crippen molar-refractivity contribution in [1.29, 1.82) is 0 Å². The van der Waals surface area contributed by atoms with Crippen molar-refractivity contribution in [2.45, 2.75) is 57.9 Å². The Balaban J connectivity index is 1.73. The molecule has 3 nitrogen and oxygen atoms in total. The van der Waals surface area contributed by atoms with E-state index >= 15 is 0 Å². The molecule has 1 atom stereocenters. The molecule has 2 aliphatic rings. The Labute approximate surface area is 119 Å². The van der Waals surface area contributed by atoms with Crippen LogP contribution >= 0.6 is 0 Å². The predicted octanol–water partition coefficient (Wildman–Crippen LogP) is 2.31. The Bertz CT molecular complexity index is 236. The van der Waals surface area contributed by atoms with Gasteiger partial charge in [-0.3, -0.25) is 0 Å². The molecule has 1 unspecified atom stereocenters. The van der Waals surface area contributed by atoms with Gasteiger partial charge in [-0.25, -0.2) is 0 Å². The number of piperidine rings is 1. The Morgan fingerprint density at radius 2 is 1.79 bits per heavy atom. The second kappa shape index (κ2) is 8.23. The average Bonchev–Trinajstić information content (AvgIpc) is 2.66. The lowest BCUT2D eigenvalue weighted by atomic mass is 9.92. The zero-order valence-corrected chi connectivity index (χ0v) is 12.8. The second-order valence-electron chi connectivity index (χ2n) is 6.48. The van der Waals surface area contributed by atoms with Gasteiger partial charge >= 0.3 is 0 Å². The van der Waals surface area contributed by atoms with E-state index in [2.05, 4.69) is 16.7 Å². The highest BCUT2D eigenvalue weighted by Gasteiger charge is 2.26. The van der Waals surface area contributed by atoms with Crippen LogP contribution in [0.15, 0.2) is 0 Å². The number of hydrogen-bond donors (Lipinski definition) is 1. The van der Waals surface area contributed by atoms with Gasteiger partial charge in [-0.1, -0.05) is 6.92 Å². The van der Waals surface area contributed by atoms with Crippen molar-refractivity contribution in [3.05, 3.63) is 0 Å². The van der Waals surface area contributed by atoms with Crippen molar-refractivity contribution in [3.8, 4) is 0 Å². The molecular weight excluding hydrogens is 234 g/mol. The summed E-state index contributed by atoms with van der Waals surface area (Å²) in [6.45, 7) is 9.76. The topological polar surface area (TPSA) is 32.5 Å². The lowest BCUT2D eigenvalue weighted by Gasteiger charge is -2.37. The van der Waals surface area contributed by atoms with Crippen LogP contribution in [0.3, 0.4) is 0 Å². The molecule has 0 aliphatic carbocycles. The van der Waals surface area contributed by atoms with Crippen LogP contribution in [-0.4, -0.2) is 55.1 Å². The standard InChI is InChI=1S/C16H33N3/c1-2-10-18-11-3-4-16(8-12-18)19-13-6-15(5-9-17)7-14-19/h15-16H,2-14,17H2,1H3. The summed E-state index contributed by atoms with van der Waals surface area (Å²) in [6.07, 6.45) is 9.51. The minimum Gasteiger partial charge on any atom is -0.330 e. The molecule has 0 aromatic heterocycles. The van der Waals surface area contributed by atoms with Gasteiger partial charge in [0.05, 0.1) is 0 Å². The van der Waals surface area contributed by atoms with E-state index in [1.165, 1.54) is 77.7 Å². The largest absolute Gasteiger partial charge is 0.330 e. The van der Waals surface area contributed by atoms with E-state index < -0.39 is 0 Å². The molecule has 0 aromatic carbocycles. The number of rotatable bonds is 5. The quantitative estimate of drug-likeness (QED) is 0.830. The van der Waals surface area contributed by atoms with Crippen molar-refractivity contribution in [2.24, 2.45) is 11.7 Å². The number of nitrogens with two attached hydrogens (primary N) is 1. The lowest BCUT2D eigenvalue weighted by molar-refractivity contribution is 0.119. The van der Waals surface area contributed by atoms with Gasteiger partial charge in [-0.15, -0.1) is 0 Å². The van der Waals surface area contributed by atoms with Crippen LogP contribution in [0.5, 0.6) is 0 Å². The second-order valence-corrected chi connectivity index (χ2v) is 6.48. The van der Waals surface area contributed by atoms with Crippen molar-refractivity contribution in [1.82, 2.24) is 9.80 Å². The molecule has 0 aromatic rings. The molecule has 112 valence electrons. The van der Waals surface area contributed by atoms with E-state index in [4.69, 9.17) is 5.73 Å². The maximum Gasteiger partial charge on any atom is 0.0108 e. The molecule has 2 N–H and O–H groups in total. The zero-order valence-electron chi connectivity index (χ0n) is 12.8. The van der Waals surface area contributed by atoms with Gasteiger partial charge in [-0.2, -0.15) is 0 Å². The van der Waals surface area contributed by atoms with Gasteiger partial charge in [-0.05, 0) is 90.1 Å². The molecule has 2 heterocycles. The maximum absolute atomic E-state index is 5.68. The summed E-state index contributed by atoms with van der Waals surface area (Å²) in [6, 6.07) is 0.862. The number of likely N-dealkylation sites (tertiary alicyclic amines) is 2. The number of nitrogens with zero attached hydrogens (tertiary/aromatic N) is 2. The van der Waals surface area contributed by atoms with Gasteiger partial charge in [0.15, 0.2) is 0 Å². The van der Waals surface area contributed by atoms with Gasteiger partial charge in [0.1, 0.15) is 0 Å². The molecule has 2 saturated heterocycles. The van der Waals surface area contributed by atoms with Crippen molar-refractivity contribution < 1.29 is 0 Å². The van der Waals surface area contributed by atoms with Crippen LogP contribution in [0.4, 0.5) is 0 Å².